The minimum atomic E-state index is -1.52. The van der Waals surface area contributed by atoms with Gasteiger partial charge in [0, 0.05) is 29.6 Å². The number of hydrogen-bond acceptors (Lipinski definition) is 7. The van der Waals surface area contributed by atoms with Gasteiger partial charge in [0.15, 0.2) is 13.4 Å². The number of carbonyl (C=O) groups is 4. The van der Waals surface area contributed by atoms with Gasteiger partial charge in [0.25, 0.3) is 0 Å². The summed E-state index contributed by atoms with van der Waals surface area (Å²) in [6.45, 7) is 9.39. The summed E-state index contributed by atoms with van der Waals surface area (Å²) in [6, 6.07) is 4.69. The van der Waals surface area contributed by atoms with Crippen LogP contribution in [-0.4, -0.2) is 82.6 Å². The topological polar surface area (TPSA) is 189 Å². The highest BCUT2D eigenvalue weighted by Crippen LogP contribution is 2.27. The third kappa shape index (κ3) is 15.7. The summed E-state index contributed by atoms with van der Waals surface area (Å²) in [7, 11) is 1.60. The number of amides is 3. The van der Waals surface area contributed by atoms with Crippen LogP contribution in [-0.2, 0) is 19.2 Å². The van der Waals surface area contributed by atoms with Gasteiger partial charge in [0.05, 0.1) is 6.04 Å². The van der Waals surface area contributed by atoms with Crippen molar-refractivity contribution in [3.05, 3.63) is 34.9 Å². The molecular formula is C32H51BClN4O7. The Bertz CT molecular complexity index is 1110. The Balaban J connectivity index is 0.000000712. The quantitative estimate of drug-likeness (QED) is 0.0811. The van der Waals surface area contributed by atoms with Gasteiger partial charge in [-0.2, -0.15) is 0 Å². The van der Waals surface area contributed by atoms with E-state index in [4.69, 9.17) is 27.2 Å². The Labute approximate surface area is 273 Å². The van der Waals surface area contributed by atoms with Crippen molar-refractivity contribution in [2.24, 2.45) is 11.3 Å². The molecule has 2 rings (SSSR count). The highest BCUT2D eigenvalue weighted by Gasteiger charge is 2.34. The standard InChI is InChI=1S/C25H38BClN3O3.C7H13NO4/c1-16(26-21(31)15-20(28)18-11-8-12-19(27)14-18)29-24(33)23(25(2,3)4)30-22(32)13-17-9-6-5-7-10-17;1-2-3-5(8-4-9)6(10)7(11)12/h8,11-12,14,16-17,21,23,28,31H,5-7,9-10,13,15H2,1-4H3,(H,29,33)(H,30,32);4-6,10H,2-3H2,1H3,(H,8,9)(H,11,12). The molecule has 1 fully saturated rings. The number of rotatable bonds is 16. The first kappa shape index (κ1) is 40.1. The van der Waals surface area contributed by atoms with E-state index in [1.165, 1.54) is 19.3 Å². The molecule has 5 unspecified atom stereocenters. The third-order valence-electron chi connectivity index (χ3n) is 7.62. The zero-order chi connectivity index (χ0) is 34.2. The van der Waals surface area contributed by atoms with Crippen molar-refractivity contribution < 1.29 is 34.5 Å². The molecule has 1 saturated carbocycles. The lowest BCUT2D eigenvalue weighted by Crippen LogP contribution is -2.56. The van der Waals surface area contributed by atoms with E-state index in [1.807, 2.05) is 27.7 Å². The van der Waals surface area contributed by atoms with Crippen molar-refractivity contribution in [2.45, 2.75) is 123 Å². The summed E-state index contributed by atoms with van der Waals surface area (Å²) in [6.07, 6.45) is 6.35. The van der Waals surface area contributed by atoms with E-state index in [0.717, 1.165) is 12.8 Å². The molecule has 5 atom stereocenters. The van der Waals surface area contributed by atoms with Crippen molar-refractivity contribution in [1.82, 2.24) is 16.0 Å². The van der Waals surface area contributed by atoms with Crippen LogP contribution in [0.2, 0.25) is 5.02 Å². The molecule has 0 saturated heterocycles. The predicted molar refractivity (Wildman–Crippen MR) is 176 cm³/mol. The summed E-state index contributed by atoms with van der Waals surface area (Å²) >= 11 is 5.98. The molecule has 1 aliphatic carbocycles. The number of carbonyl (C=O) groups excluding carboxylic acids is 3. The summed E-state index contributed by atoms with van der Waals surface area (Å²) < 4.78 is 0. The van der Waals surface area contributed by atoms with Gasteiger partial charge >= 0.3 is 5.97 Å². The molecular weight excluding hydrogens is 599 g/mol. The van der Waals surface area contributed by atoms with E-state index >= 15 is 0 Å². The molecule has 0 aromatic heterocycles. The molecule has 11 nitrogen and oxygen atoms in total. The highest BCUT2D eigenvalue weighted by atomic mass is 35.5. The van der Waals surface area contributed by atoms with Gasteiger partial charge in [-0.05, 0) is 54.2 Å². The largest absolute Gasteiger partial charge is 0.479 e. The van der Waals surface area contributed by atoms with Gasteiger partial charge in [-0.1, -0.05) is 84.0 Å². The monoisotopic (exact) mass is 649 g/mol. The molecule has 0 spiro atoms. The number of aliphatic carboxylic acids is 1. The number of nitrogens with one attached hydrogen (secondary N) is 4. The fourth-order valence-electron chi connectivity index (χ4n) is 5.21. The second-order valence-electron chi connectivity index (χ2n) is 12.8. The van der Waals surface area contributed by atoms with Crippen LogP contribution in [0.3, 0.4) is 0 Å². The van der Waals surface area contributed by atoms with E-state index < -0.39 is 41.5 Å². The number of halogens is 1. The van der Waals surface area contributed by atoms with Gasteiger partial charge < -0.3 is 36.7 Å². The number of benzene rings is 1. The SMILES string of the molecule is CC([B]C(O)CC(=N)c1cccc(Cl)c1)NC(=O)C(NC(=O)CC1CCCCC1)C(C)(C)C.CCCC(NC=O)C(O)C(=O)O. The minimum absolute atomic E-state index is 0.0800. The van der Waals surface area contributed by atoms with Crippen molar-refractivity contribution in [3.8, 4) is 0 Å². The van der Waals surface area contributed by atoms with E-state index in [9.17, 15) is 24.3 Å². The Morgan fingerprint density at radius 2 is 1.78 bits per heavy atom. The van der Waals surface area contributed by atoms with Gasteiger partial charge in [-0.25, -0.2) is 4.79 Å². The molecule has 251 valence electrons. The van der Waals surface area contributed by atoms with E-state index in [-0.39, 0.29) is 23.9 Å². The number of hydrogen-bond donors (Lipinski definition) is 7. The van der Waals surface area contributed by atoms with Gasteiger partial charge in [-0.15, -0.1) is 0 Å². The maximum Gasteiger partial charge on any atom is 0.334 e. The smallest absolute Gasteiger partial charge is 0.334 e. The molecule has 13 heteroatoms. The van der Waals surface area contributed by atoms with Gasteiger partial charge in [-0.3, -0.25) is 14.4 Å². The Hall–Kier alpha value is -2.96. The molecule has 0 bridgehead atoms. The molecule has 0 aliphatic heterocycles. The molecule has 7 N–H and O–H groups in total. The number of aliphatic hydroxyl groups excluding tert-OH is 2. The zero-order valence-corrected chi connectivity index (χ0v) is 27.9. The molecule has 1 radical (unpaired) electrons. The Morgan fingerprint density at radius 3 is 2.31 bits per heavy atom. The van der Waals surface area contributed by atoms with Crippen LogP contribution in [0.25, 0.3) is 0 Å². The van der Waals surface area contributed by atoms with Crippen molar-refractivity contribution in [2.75, 3.05) is 0 Å². The van der Waals surface area contributed by atoms with Gasteiger partial charge in [0.2, 0.25) is 18.2 Å². The fourth-order valence-corrected chi connectivity index (χ4v) is 5.40. The second-order valence-corrected chi connectivity index (χ2v) is 13.2. The first-order valence-corrected chi connectivity index (χ1v) is 16.0. The Morgan fingerprint density at radius 1 is 1.13 bits per heavy atom. The average molecular weight is 650 g/mol. The number of carboxylic acid groups (broad SMARTS) is 1. The summed E-state index contributed by atoms with van der Waals surface area (Å²) in [5.41, 5.74) is 0.460. The lowest BCUT2D eigenvalue weighted by Gasteiger charge is -2.32. The normalized spacial score (nSPS) is 16.8. The zero-order valence-electron chi connectivity index (χ0n) is 27.1. The average Bonchev–Trinajstić information content (AvgIpc) is 2.95. The van der Waals surface area contributed by atoms with Gasteiger partial charge in [0.1, 0.15) is 6.04 Å². The highest BCUT2D eigenvalue weighted by molar-refractivity contribution is 6.40. The maximum absolute atomic E-state index is 13.0. The molecule has 0 heterocycles. The van der Waals surface area contributed by atoms with E-state index in [2.05, 4.69) is 16.0 Å². The van der Waals surface area contributed by atoms with Crippen LogP contribution in [0.5, 0.6) is 0 Å². The van der Waals surface area contributed by atoms with Crippen molar-refractivity contribution in [1.29, 1.82) is 5.41 Å². The van der Waals surface area contributed by atoms with E-state index in [1.54, 1.807) is 38.5 Å². The van der Waals surface area contributed by atoms with Crippen LogP contribution in [0, 0.1) is 16.7 Å². The maximum atomic E-state index is 13.0. The summed E-state index contributed by atoms with van der Waals surface area (Å²) in [5.74, 6) is -1.70. The summed E-state index contributed by atoms with van der Waals surface area (Å²) in [4.78, 5) is 45.9. The van der Waals surface area contributed by atoms with Crippen LogP contribution >= 0.6 is 11.6 Å². The van der Waals surface area contributed by atoms with Crippen molar-refractivity contribution >= 4 is 48.8 Å². The van der Waals surface area contributed by atoms with E-state index in [0.29, 0.717) is 42.2 Å². The number of carboxylic acids is 1. The first-order valence-electron chi connectivity index (χ1n) is 15.7. The first-order chi connectivity index (χ1) is 21.1. The van der Waals surface area contributed by atoms with Crippen LogP contribution in [0.1, 0.15) is 98.0 Å². The molecule has 1 aromatic carbocycles. The Kier molecular flexibility index (Phi) is 18.0. The molecule has 1 aliphatic rings. The van der Waals surface area contributed by atoms with Crippen LogP contribution in [0.15, 0.2) is 24.3 Å². The molecule has 45 heavy (non-hydrogen) atoms. The molecule has 3 amide bonds. The van der Waals surface area contributed by atoms with Crippen molar-refractivity contribution in [3.63, 3.8) is 0 Å². The lowest BCUT2D eigenvalue weighted by atomic mass is 9.63. The summed E-state index contributed by atoms with van der Waals surface area (Å²) in [5, 5.41) is 44.7. The van der Waals surface area contributed by atoms with Crippen LogP contribution in [0.4, 0.5) is 0 Å². The minimum Gasteiger partial charge on any atom is -0.479 e. The second kappa shape index (κ2) is 20.2. The lowest BCUT2D eigenvalue weighted by molar-refractivity contribution is -0.148. The predicted octanol–water partition coefficient (Wildman–Crippen LogP) is 3.43. The fraction of sp³-hybridized carbons (Fsp3) is 0.656. The van der Waals surface area contributed by atoms with Crippen LogP contribution < -0.4 is 16.0 Å². The number of aliphatic hydroxyl groups is 2. The third-order valence-corrected chi connectivity index (χ3v) is 7.85. The molecule has 1 aromatic rings.